The summed E-state index contributed by atoms with van der Waals surface area (Å²) >= 11 is 1.87. The number of ether oxygens (including phenoxy) is 2. The number of thiophene rings is 1. The van der Waals surface area contributed by atoms with Gasteiger partial charge in [0.2, 0.25) is 0 Å². The summed E-state index contributed by atoms with van der Waals surface area (Å²) in [5.41, 5.74) is 1.45. The molecule has 4 heteroatoms. The summed E-state index contributed by atoms with van der Waals surface area (Å²) in [6.07, 6.45) is 2.01. The molecule has 2 aromatic rings. The van der Waals surface area contributed by atoms with Crippen LogP contribution in [-0.4, -0.2) is 19.8 Å². The first-order valence-corrected chi connectivity index (χ1v) is 8.19. The lowest BCUT2D eigenvalue weighted by molar-refractivity contribution is 0.297. The van der Waals surface area contributed by atoms with E-state index >= 15 is 0 Å². The highest BCUT2D eigenvalue weighted by Crippen LogP contribution is 2.40. The van der Waals surface area contributed by atoms with Crippen LogP contribution in [0.25, 0.3) is 10.1 Å². The molecular weight excluding hydrogens is 270 g/mol. The lowest BCUT2D eigenvalue weighted by Gasteiger charge is -2.07. The van der Waals surface area contributed by atoms with E-state index in [1.165, 1.54) is 20.5 Å². The molecule has 1 aromatic carbocycles. The maximum atomic E-state index is 5.81. The van der Waals surface area contributed by atoms with Gasteiger partial charge in [-0.2, -0.15) is 0 Å². The molecule has 1 N–H and O–H groups in total. The van der Waals surface area contributed by atoms with E-state index in [4.69, 9.17) is 9.47 Å². The predicted molar refractivity (Wildman–Crippen MR) is 84.2 cm³/mol. The highest BCUT2D eigenvalue weighted by molar-refractivity contribution is 7.19. The number of rotatable bonds is 4. The van der Waals surface area contributed by atoms with Gasteiger partial charge in [-0.1, -0.05) is 13.8 Å². The van der Waals surface area contributed by atoms with Crippen LogP contribution < -0.4 is 14.8 Å². The van der Waals surface area contributed by atoms with Crippen molar-refractivity contribution < 1.29 is 9.47 Å². The molecule has 0 saturated carbocycles. The second-order valence-corrected chi connectivity index (χ2v) is 6.12. The molecule has 0 saturated heterocycles. The van der Waals surface area contributed by atoms with Crippen molar-refractivity contribution in [3.05, 3.63) is 22.6 Å². The Morgan fingerprint density at radius 2 is 1.90 bits per heavy atom. The first-order chi connectivity index (χ1) is 9.83. The van der Waals surface area contributed by atoms with E-state index in [1.54, 1.807) is 0 Å². The van der Waals surface area contributed by atoms with Gasteiger partial charge in [-0.25, -0.2) is 0 Å². The SMILES string of the molecule is CCNCc1sc2cc3c(cc2c1CC)OCCCO3. The van der Waals surface area contributed by atoms with Crippen molar-refractivity contribution in [3.63, 3.8) is 0 Å². The van der Waals surface area contributed by atoms with E-state index < -0.39 is 0 Å². The third-order valence-electron chi connectivity index (χ3n) is 3.63. The van der Waals surface area contributed by atoms with Crippen molar-refractivity contribution >= 4 is 21.4 Å². The quantitative estimate of drug-likeness (QED) is 0.931. The first kappa shape index (κ1) is 13.7. The number of hydrogen-bond acceptors (Lipinski definition) is 4. The first-order valence-electron chi connectivity index (χ1n) is 7.38. The Labute approximate surface area is 123 Å². The van der Waals surface area contributed by atoms with E-state index in [2.05, 4.69) is 31.3 Å². The summed E-state index contributed by atoms with van der Waals surface area (Å²) in [7, 11) is 0. The van der Waals surface area contributed by atoms with Crippen LogP contribution in [0.2, 0.25) is 0 Å². The Morgan fingerprint density at radius 1 is 1.15 bits per heavy atom. The van der Waals surface area contributed by atoms with Crippen molar-refractivity contribution in [2.45, 2.75) is 33.2 Å². The molecule has 0 fully saturated rings. The maximum absolute atomic E-state index is 5.81. The van der Waals surface area contributed by atoms with Crippen molar-refractivity contribution in [2.75, 3.05) is 19.8 Å². The van der Waals surface area contributed by atoms with Crippen LogP contribution in [0.5, 0.6) is 11.5 Å². The maximum Gasteiger partial charge on any atom is 0.162 e. The molecule has 3 nitrogen and oxygen atoms in total. The fourth-order valence-electron chi connectivity index (χ4n) is 2.62. The standard InChI is InChI=1S/C16H21NO2S/c1-3-11-12-8-13-14(19-7-5-6-18-13)9-15(12)20-16(11)10-17-4-2/h8-9,17H,3-7,10H2,1-2H3. The average Bonchev–Trinajstić information content (AvgIpc) is 2.63. The highest BCUT2D eigenvalue weighted by Gasteiger charge is 2.16. The number of aryl methyl sites for hydroxylation is 1. The van der Waals surface area contributed by atoms with E-state index in [0.717, 1.165) is 50.6 Å². The molecule has 0 amide bonds. The van der Waals surface area contributed by atoms with Crippen LogP contribution in [-0.2, 0) is 13.0 Å². The van der Waals surface area contributed by atoms with Gasteiger partial charge in [0.15, 0.2) is 11.5 Å². The Bertz CT molecular complexity index is 606. The lowest BCUT2D eigenvalue weighted by atomic mass is 10.1. The van der Waals surface area contributed by atoms with Gasteiger partial charge in [0, 0.05) is 28.6 Å². The number of hydrogen-bond donors (Lipinski definition) is 1. The Balaban J connectivity index is 2.07. The molecule has 2 heterocycles. The summed E-state index contributed by atoms with van der Waals surface area (Å²) in [6.45, 7) is 7.80. The van der Waals surface area contributed by atoms with Gasteiger partial charge in [0.25, 0.3) is 0 Å². The zero-order chi connectivity index (χ0) is 13.9. The molecule has 0 atom stereocenters. The van der Waals surface area contributed by atoms with Crippen LogP contribution in [0.4, 0.5) is 0 Å². The second-order valence-electron chi connectivity index (χ2n) is 4.98. The van der Waals surface area contributed by atoms with Crippen molar-refractivity contribution in [3.8, 4) is 11.5 Å². The van der Waals surface area contributed by atoms with Crippen molar-refractivity contribution in [2.24, 2.45) is 0 Å². The fraction of sp³-hybridized carbons (Fsp3) is 0.500. The topological polar surface area (TPSA) is 30.5 Å². The molecule has 1 aliphatic rings. The molecule has 1 aromatic heterocycles. The van der Waals surface area contributed by atoms with Gasteiger partial charge in [-0.15, -0.1) is 11.3 Å². The van der Waals surface area contributed by atoms with E-state index in [-0.39, 0.29) is 0 Å². The van der Waals surface area contributed by atoms with Gasteiger partial charge in [0.05, 0.1) is 13.2 Å². The number of fused-ring (bicyclic) bond motifs is 2. The third kappa shape index (κ3) is 2.50. The largest absolute Gasteiger partial charge is 0.490 e. The van der Waals surface area contributed by atoms with E-state index in [0.29, 0.717) is 0 Å². The smallest absolute Gasteiger partial charge is 0.162 e. The van der Waals surface area contributed by atoms with Crippen molar-refractivity contribution in [1.29, 1.82) is 0 Å². The molecule has 0 spiro atoms. The zero-order valence-electron chi connectivity index (χ0n) is 12.1. The third-order valence-corrected chi connectivity index (χ3v) is 4.83. The van der Waals surface area contributed by atoms with Crippen LogP contribution in [0.15, 0.2) is 12.1 Å². The van der Waals surface area contributed by atoms with Crippen LogP contribution in [0.3, 0.4) is 0 Å². The van der Waals surface area contributed by atoms with Gasteiger partial charge in [0.1, 0.15) is 0 Å². The normalized spacial score (nSPS) is 14.5. The molecule has 20 heavy (non-hydrogen) atoms. The van der Waals surface area contributed by atoms with Gasteiger partial charge >= 0.3 is 0 Å². The minimum absolute atomic E-state index is 0.744. The monoisotopic (exact) mass is 291 g/mol. The number of benzene rings is 1. The lowest BCUT2D eigenvalue weighted by Crippen LogP contribution is -2.11. The molecule has 0 unspecified atom stereocenters. The minimum atomic E-state index is 0.744. The highest BCUT2D eigenvalue weighted by atomic mass is 32.1. The summed E-state index contributed by atoms with van der Waals surface area (Å²) in [5, 5.41) is 4.76. The van der Waals surface area contributed by atoms with Gasteiger partial charge in [-0.3, -0.25) is 0 Å². The second kappa shape index (κ2) is 6.02. The number of nitrogens with one attached hydrogen (secondary N) is 1. The Kier molecular flexibility index (Phi) is 4.13. The van der Waals surface area contributed by atoms with E-state index in [1.807, 2.05) is 11.3 Å². The molecule has 108 valence electrons. The zero-order valence-corrected chi connectivity index (χ0v) is 12.9. The summed E-state index contributed by atoms with van der Waals surface area (Å²) < 4.78 is 12.9. The van der Waals surface area contributed by atoms with Crippen LogP contribution in [0.1, 0.15) is 30.7 Å². The van der Waals surface area contributed by atoms with Crippen molar-refractivity contribution in [1.82, 2.24) is 5.32 Å². The molecular formula is C16H21NO2S. The summed E-state index contributed by atoms with van der Waals surface area (Å²) in [5.74, 6) is 1.80. The predicted octanol–water partition coefficient (Wildman–Crippen LogP) is 3.73. The summed E-state index contributed by atoms with van der Waals surface area (Å²) in [6, 6.07) is 4.32. The Hall–Kier alpha value is -1.26. The summed E-state index contributed by atoms with van der Waals surface area (Å²) in [4.78, 5) is 1.43. The van der Waals surface area contributed by atoms with Gasteiger partial charge in [-0.05, 0) is 30.0 Å². The Morgan fingerprint density at radius 3 is 2.60 bits per heavy atom. The van der Waals surface area contributed by atoms with Crippen LogP contribution in [0, 0.1) is 0 Å². The molecule has 3 rings (SSSR count). The van der Waals surface area contributed by atoms with Crippen LogP contribution >= 0.6 is 11.3 Å². The molecule has 1 aliphatic heterocycles. The van der Waals surface area contributed by atoms with E-state index in [9.17, 15) is 0 Å². The van der Waals surface area contributed by atoms with Gasteiger partial charge < -0.3 is 14.8 Å². The molecule has 0 aliphatic carbocycles. The molecule has 0 radical (unpaired) electrons. The average molecular weight is 291 g/mol. The fourth-order valence-corrected chi connectivity index (χ4v) is 3.90. The molecule has 0 bridgehead atoms. The minimum Gasteiger partial charge on any atom is -0.490 e.